The average Bonchev–Trinajstić information content (AvgIpc) is 2.28. The Hall–Kier alpha value is 0.337. The Morgan fingerprint density at radius 2 is 1.64 bits per heavy atom. The summed E-state index contributed by atoms with van der Waals surface area (Å²) in [6.45, 7) is 13.4. The van der Waals surface area contributed by atoms with Crippen LogP contribution < -0.4 is 29.6 Å². The molecule has 0 bridgehead atoms. The molecule has 5 nitrogen and oxygen atoms in total. The molecule has 0 aromatic heterocycles. The van der Waals surface area contributed by atoms with Gasteiger partial charge in [0.15, 0.2) is 0 Å². The number of amides is 1. The molecule has 0 spiro atoms. The van der Waals surface area contributed by atoms with E-state index in [0.717, 1.165) is 12.5 Å². The van der Waals surface area contributed by atoms with Crippen LogP contribution in [0.5, 0.6) is 0 Å². The van der Waals surface area contributed by atoms with Gasteiger partial charge in [0, 0.05) is 32.5 Å². The van der Waals surface area contributed by atoms with Gasteiger partial charge in [0.25, 0.3) is 0 Å². The molecule has 0 atom stereocenters. The molecule has 0 saturated carbocycles. The van der Waals surface area contributed by atoms with Crippen LogP contribution in [0.1, 0.15) is 26.2 Å². The molecule has 0 N–H and O–H groups in total. The standard InChI is InChI=1S/C14H29NO4SSi.Na/c1-13(2)14(16)15(10-8-12-21(3,4)5)9-6-7-11-20(17,18)19;/h1,6-12H2,2-5H3,(H,17,18,19);/q;+1/p-1. The molecule has 0 aromatic rings. The second-order valence-electron chi connectivity index (χ2n) is 6.71. The summed E-state index contributed by atoms with van der Waals surface area (Å²) in [7, 11) is -5.29. The third kappa shape index (κ3) is 14.0. The van der Waals surface area contributed by atoms with Crippen molar-refractivity contribution in [1.29, 1.82) is 0 Å². The van der Waals surface area contributed by atoms with E-state index < -0.39 is 18.2 Å². The van der Waals surface area contributed by atoms with E-state index in [1.807, 2.05) is 0 Å². The molecule has 124 valence electrons. The number of hydrogen-bond donors (Lipinski definition) is 0. The number of unbranched alkanes of at least 4 members (excludes halogenated alkanes) is 1. The molecule has 0 unspecified atom stereocenters. The molecule has 0 radical (unpaired) electrons. The van der Waals surface area contributed by atoms with Crippen LogP contribution >= 0.6 is 0 Å². The Morgan fingerprint density at radius 1 is 1.14 bits per heavy atom. The zero-order valence-electron chi connectivity index (χ0n) is 14.6. The first kappa shape index (κ1) is 24.6. The van der Waals surface area contributed by atoms with Gasteiger partial charge in [-0.05, 0) is 26.2 Å². The number of carbonyl (C=O) groups excluding carboxylic acids is 1. The Bertz CT molecular complexity index is 460. The fourth-order valence-corrected chi connectivity index (χ4v) is 3.74. The largest absolute Gasteiger partial charge is 1.00 e. The van der Waals surface area contributed by atoms with Gasteiger partial charge in [0.05, 0.1) is 10.1 Å². The smallest absolute Gasteiger partial charge is 0.748 e. The van der Waals surface area contributed by atoms with Crippen LogP contribution in [0.3, 0.4) is 0 Å². The summed E-state index contributed by atoms with van der Waals surface area (Å²) < 4.78 is 31.7. The van der Waals surface area contributed by atoms with Crippen LogP contribution in [0.15, 0.2) is 12.2 Å². The maximum atomic E-state index is 12.0. The second kappa shape index (κ2) is 11.0. The predicted octanol–water partition coefficient (Wildman–Crippen LogP) is -0.551. The first-order valence-electron chi connectivity index (χ1n) is 7.31. The predicted molar refractivity (Wildman–Crippen MR) is 88.0 cm³/mol. The van der Waals surface area contributed by atoms with Gasteiger partial charge in [-0.15, -0.1) is 0 Å². The molecule has 0 heterocycles. The molecule has 0 saturated heterocycles. The van der Waals surface area contributed by atoms with Crippen LogP contribution in [0, 0.1) is 0 Å². The second-order valence-corrected chi connectivity index (χ2v) is 13.9. The molecule has 0 aliphatic carbocycles. The normalized spacial score (nSPS) is 11.7. The van der Waals surface area contributed by atoms with E-state index in [4.69, 9.17) is 0 Å². The van der Waals surface area contributed by atoms with E-state index in [-0.39, 0.29) is 41.2 Å². The fourth-order valence-electron chi connectivity index (χ4n) is 1.97. The summed E-state index contributed by atoms with van der Waals surface area (Å²) in [5.41, 5.74) is 0.486. The summed E-state index contributed by atoms with van der Waals surface area (Å²) >= 11 is 0. The Balaban J connectivity index is 0. The van der Waals surface area contributed by atoms with Crippen LogP contribution in [0.2, 0.25) is 25.7 Å². The molecule has 1 amide bonds. The number of carbonyl (C=O) groups is 1. The van der Waals surface area contributed by atoms with Crippen LogP contribution in [0.25, 0.3) is 0 Å². The van der Waals surface area contributed by atoms with Crippen molar-refractivity contribution in [2.75, 3.05) is 18.8 Å². The van der Waals surface area contributed by atoms with Crippen molar-refractivity contribution < 1.29 is 47.3 Å². The van der Waals surface area contributed by atoms with Gasteiger partial charge in [-0.25, -0.2) is 8.42 Å². The first-order chi connectivity index (χ1) is 9.42. The molecule has 22 heavy (non-hydrogen) atoms. The number of hydrogen-bond acceptors (Lipinski definition) is 4. The molecule has 8 heteroatoms. The van der Waals surface area contributed by atoms with Crippen molar-refractivity contribution in [2.45, 2.75) is 51.9 Å². The van der Waals surface area contributed by atoms with Gasteiger partial charge >= 0.3 is 29.6 Å². The zero-order valence-corrected chi connectivity index (χ0v) is 18.5. The van der Waals surface area contributed by atoms with Crippen LogP contribution in [0.4, 0.5) is 0 Å². The molecular formula is C14H28NNaO4SSi. The summed E-state index contributed by atoms with van der Waals surface area (Å²) in [6, 6.07) is 1.14. The summed E-state index contributed by atoms with van der Waals surface area (Å²) in [5.74, 6) is -0.452. The van der Waals surface area contributed by atoms with Gasteiger partial charge in [-0.1, -0.05) is 32.3 Å². The zero-order chi connectivity index (χ0) is 16.7. The Kier molecular flexibility index (Phi) is 12.3. The van der Waals surface area contributed by atoms with E-state index in [2.05, 4.69) is 26.2 Å². The third-order valence-corrected chi connectivity index (χ3v) is 5.72. The van der Waals surface area contributed by atoms with Gasteiger partial charge in [0.1, 0.15) is 0 Å². The van der Waals surface area contributed by atoms with Gasteiger partial charge < -0.3 is 9.45 Å². The van der Waals surface area contributed by atoms with E-state index in [1.54, 1.807) is 11.8 Å². The first-order valence-corrected chi connectivity index (χ1v) is 12.6. The quantitative estimate of drug-likeness (QED) is 0.227. The topological polar surface area (TPSA) is 77.5 Å². The fraction of sp³-hybridized carbons (Fsp3) is 0.786. The maximum Gasteiger partial charge on any atom is 1.00 e. The minimum absolute atomic E-state index is 0. The average molecular weight is 358 g/mol. The van der Waals surface area contributed by atoms with E-state index in [0.29, 0.717) is 31.5 Å². The summed E-state index contributed by atoms with van der Waals surface area (Å²) in [6.07, 6.45) is 1.77. The van der Waals surface area contributed by atoms with Gasteiger partial charge in [-0.2, -0.15) is 0 Å². The monoisotopic (exact) mass is 357 g/mol. The molecule has 0 aromatic carbocycles. The Labute approximate surface area is 158 Å². The van der Waals surface area contributed by atoms with Crippen LogP contribution in [-0.4, -0.2) is 50.7 Å². The number of nitrogens with zero attached hydrogens (tertiary/aromatic N) is 1. The van der Waals surface area contributed by atoms with Crippen LogP contribution in [-0.2, 0) is 14.9 Å². The SMILES string of the molecule is C=C(C)C(=O)N(CCCCS(=O)(=O)[O-])CCC[Si](C)(C)C.[Na+]. The van der Waals surface area contributed by atoms with Gasteiger partial charge in [-0.3, -0.25) is 4.79 Å². The molecule has 0 fully saturated rings. The van der Waals surface area contributed by atoms with E-state index >= 15 is 0 Å². The van der Waals surface area contributed by atoms with Crippen molar-refractivity contribution >= 4 is 24.1 Å². The van der Waals surface area contributed by atoms with E-state index in [9.17, 15) is 17.8 Å². The van der Waals surface area contributed by atoms with E-state index in [1.165, 1.54) is 0 Å². The third-order valence-electron chi connectivity index (χ3n) is 3.08. The van der Waals surface area contributed by atoms with Crippen molar-refractivity contribution in [3.63, 3.8) is 0 Å². The molecule has 0 aliphatic rings. The summed E-state index contributed by atoms with van der Waals surface area (Å²) in [5, 5.41) is 0. The minimum Gasteiger partial charge on any atom is -0.748 e. The van der Waals surface area contributed by atoms with Crippen molar-refractivity contribution in [2.24, 2.45) is 0 Å². The molecule has 0 rings (SSSR count). The number of rotatable bonds is 10. The minimum atomic E-state index is -4.16. The summed E-state index contributed by atoms with van der Waals surface area (Å²) in [4.78, 5) is 13.8. The van der Waals surface area contributed by atoms with Crippen molar-refractivity contribution in [1.82, 2.24) is 4.90 Å². The van der Waals surface area contributed by atoms with Gasteiger partial charge in [0.2, 0.25) is 5.91 Å². The maximum absolute atomic E-state index is 12.0. The van der Waals surface area contributed by atoms with Crippen molar-refractivity contribution in [3.05, 3.63) is 12.2 Å². The van der Waals surface area contributed by atoms with Crippen molar-refractivity contribution in [3.8, 4) is 0 Å². The Morgan fingerprint density at radius 3 is 2.05 bits per heavy atom. The molecular weight excluding hydrogens is 329 g/mol. The molecule has 0 aliphatic heterocycles.